The highest BCUT2D eigenvalue weighted by Crippen LogP contribution is 2.33. The third kappa shape index (κ3) is 2.48. The molecule has 1 heterocycles. The largest absolute Gasteiger partial charge is 0.464 e. The number of pyridine rings is 1. The second-order valence-electron chi connectivity index (χ2n) is 4.71. The number of nitrogen functional groups attached to an aromatic ring is 1. The Morgan fingerprint density at radius 1 is 1.53 bits per heavy atom. The van der Waals surface area contributed by atoms with Gasteiger partial charge in [0.2, 0.25) is 0 Å². The molecule has 3 N–H and O–H groups in total. The molecule has 8 heteroatoms. The smallest absolute Gasteiger partial charge is 0.418 e. The first-order chi connectivity index (χ1) is 8.74. The van der Waals surface area contributed by atoms with Crippen LogP contribution in [0.3, 0.4) is 0 Å². The number of sulfone groups is 1. The highest BCUT2D eigenvalue weighted by atomic mass is 32.2. The molecule has 0 amide bonds. The summed E-state index contributed by atoms with van der Waals surface area (Å²) in [6.45, 7) is 1.35. The average molecular weight is 286 g/mol. The first-order valence-electron chi connectivity index (χ1n) is 5.72. The van der Waals surface area contributed by atoms with Crippen molar-refractivity contribution >= 4 is 21.6 Å². The van der Waals surface area contributed by atoms with Crippen LogP contribution in [0.4, 0.5) is 10.5 Å². The van der Waals surface area contributed by atoms with Gasteiger partial charge in [-0.25, -0.2) is 17.8 Å². The molecular formula is C11H14N2O5S. The van der Waals surface area contributed by atoms with Crippen LogP contribution in [0.25, 0.3) is 0 Å². The summed E-state index contributed by atoms with van der Waals surface area (Å²) in [5.41, 5.74) is 3.98. The Balaban J connectivity index is 2.60. The fourth-order valence-electron chi connectivity index (χ4n) is 1.90. The van der Waals surface area contributed by atoms with Crippen LogP contribution in [-0.4, -0.2) is 29.9 Å². The van der Waals surface area contributed by atoms with Crippen LogP contribution in [0.2, 0.25) is 0 Å². The van der Waals surface area contributed by atoms with Crippen molar-refractivity contribution in [2.45, 2.75) is 24.7 Å². The van der Waals surface area contributed by atoms with Gasteiger partial charge in [-0.3, -0.25) is 4.79 Å². The van der Waals surface area contributed by atoms with Crippen LogP contribution in [-0.2, 0) is 9.84 Å². The molecule has 1 aliphatic carbocycles. The molecule has 0 atom stereocenters. The van der Waals surface area contributed by atoms with E-state index in [4.69, 9.17) is 10.8 Å². The number of hydrogen-bond donors (Lipinski definition) is 2. The molecule has 2 rings (SSSR count). The van der Waals surface area contributed by atoms with E-state index in [-0.39, 0.29) is 22.3 Å². The molecule has 0 bridgehead atoms. The molecular weight excluding hydrogens is 272 g/mol. The minimum absolute atomic E-state index is 0.0288. The summed E-state index contributed by atoms with van der Waals surface area (Å²) in [4.78, 5) is 22.4. The van der Waals surface area contributed by atoms with Crippen molar-refractivity contribution in [1.82, 2.24) is 4.57 Å². The van der Waals surface area contributed by atoms with Gasteiger partial charge in [-0.2, -0.15) is 0 Å². The Bertz CT molecular complexity index is 701. The van der Waals surface area contributed by atoms with Gasteiger partial charge in [0.1, 0.15) is 5.69 Å². The number of aryl methyl sites for hydroxylation is 1. The summed E-state index contributed by atoms with van der Waals surface area (Å²) in [6.07, 6.45) is 0.217. The van der Waals surface area contributed by atoms with E-state index in [1.165, 1.54) is 6.92 Å². The zero-order chi connectivity index (χ0) is 14.4. The Labute approximate surface area is 109 Å². The molecule has 1 aliphatic rings. The van der Waals surface area contributed by atoms with E-state index in [0.29, 0.717) is 4.57 Å². The molecule has 0 aromatic carbocycles. The normalized spacial score (nSPS) is 15.4. The van der Waals surface area contributed by atoms with E-state index in [1.54, 1.807) is 0 Å². The fraction of sp³-hybridized carbons (Fsp3) is 0.455. The molecule has 0 aliphatic heterocycles. The van der Waals surface area contributed by atoms with Gasteiger partial charge in [-0.15, -0.1) is 0 Å². The van der Waals surface area contributed by atoms with Crippen molar-refractivity contribution < 1.29 is 18.3 Å². The highest BCUT2D eigenvalue weighted by molar-refractivity contribution is 7.91. The average Bonchev–Trinajstić information content (AvgIpc) is 3.06. The SMILES string of the molecule is Cc1cc(S(=O)(=O)CC2CC2)c(N)c(=O)n1C(=O)O. The van der Waals surface area contributed by atoms with E-state index in [2.05, 4.69) is 0 Å². The van der Waals surface area contributed by atoms with Crippen molar-refractivity contribution in [3.8, 4) is 0 Å². The maximum Gasteiger partial charge on any atom is 0.418 e. The zero-order valence-corrected chi connectivity index (χ0v) is 11.1. The molecule has 1 aromatic rings. The molecule has 19 heavy (non-hydrogen) atoms. The Kier molecular flexibility index (Phi) is 3.13. The van der Waals surface area contributed by atoms with Crippen molar-refractivity contribution in [2.75, 3.05) is 11.5 Å². The Hall–Kier alpha value is -1.83. The van der Waals surface area contributed by atoms with Gasteiger partial charge in [0.15, 0.2) is 9.84 Å². The van der Waals surface area contributed by atoms with E-state index in [0.717, 1.165) is 18.9 Å². The molecule has 104 valence electrons. The molecule has 0 saturated heterocycles. The van der Waals surface area contributed by atoms with Gasteiger partial charge in [-0.05, 0) is 31.7 Å². The molecule has 7 nitrogen and oxygen atoms in total. The van der Waals surface area contributed by atoms with Crippen LogP contribution in [0.1, 0.15) is 18.5 Å². The van der Waals surface area contributed by atoms with Gasteiger partial charge < -0.3 is 10.8 Å². The van der Waals surface area contributed by atoms with E-state index in [9.17, 15) is 18.0 Å². The lowest BCUT2D eigenvalue weighted by Gasteiger charge is -2.11. The van der Waals surface area contributed by atoms with Crippen LogP contribution in [0, 0.1) is 12.8 Å². The highest BCUT2D eigenvalue weighted by Gasteiger charge is 2.31. The quantitative estimate of drug-likeness (QED) is 0.832. The third-order valence-corrected chi connectivity index (χ3v) is 4.99. The van der Waals surface area contributed by atoms with Gasteiger partial charge >= 0.3 is 6.09 Å². The molecule has 0 unspecified atom stereocenters. The van der Waals surface area contributed by atoms with Gasteiger partial charge in [-0.1, -0.05) is 0 Å². The fourth-order valence-corrected chi connectivity index (χ4v) is 3.80. The summed E-state index contributed by atoms with van der Waals surface area (Å²) in [6, 6.07) is 1.14. The predicted molar refractivity (Wildman–Crippen MR) is 68.1 cm³/mol. The lowest BCUT2D eigenvalue weighted by Crippen LogP contribution is -2.31. The maximum absolute atomic E-state index is 12.1. The summed E-state index contributed by atoms with van der Waals surface area (Å²) >= 11 is 0. The van der Waals surface area contributed by atoms with E-state index < -0.39 is 27.2 Å². The number of hydrogen-bond acceptors (Lipinski definition) is 5. The molecule has 0 radical (unpaired) electrons. The lowest BCUT2D eigenvalue weighted by atomic mass is 10.3. The van der Waals surface area contributed by atoms with Crippen molar-refractivity contribution in [3.63, 3.8) is 0 Å². The zero-order valence-electron chi connectivity index (χ0n) is 10.3. The maximum atomic E-state index is 12.1. The number of aromatic nitrogens is 1. The topological polar surface area (TPSA) is 119 Å². The monoisotopic (exact) mass is 286 g/mol. The second kappa shape index (κ2) is 4.37. The summed E-state index contributed by atoms with van der Waals surface area (Å²) < 4.78 is 24.7. The van der Waals surface area contributed by atoms with Crippen molar-refractivity contribution in [1.29, 1.82) is 0 Å². The Morgan fingerprint density at radius 2 is 2.11 bits per heavy atom. The van der Waals surface area contributed by atoms with Gasteiger partial charge in [0, 0.05) is 5.69 Å². The number of nitrogens with zero attached hydrogens (tertiary/aromatic N) is 1. The number of nitrogens with two attached hydrogens (primary N) is 1. The number of carboxylic acid groups (broad SMARTS) is 1. The number of carbonyl (C=O) groups is 1. The molecule has 0 spiro atoms. The van der Waals surface area contributed by atoms with Crippen LogP contribution >= 0.6 is 0 Å². The van der Waals surface area contributed by atoms with Crippen molar-refractivity contribution in [2.24, 2.45) is 5.92 Å². The second-order valence-corrected chi connectivity index (χ2v) is 6.71. The van der Waals surface area contributed by atoms with Crippen molar-refractivity contribution in [3.05, 3.63) is 22.1 Å². The third-order valence-electron chi connectivity index (χ3n) is 3.07. The van der Waals surface area contributed by atoms with E-state index in [1.807, 2.05) is 0 Å². The number of rotatable bonds is 3. The number of anilines is 1. The first-order valence-corrected chi connectivity index (χ1v) is 7.37. The minimum Gasteiger partial charge on any atom is -0.464 e. The van der Waals surface area contributed by atoms with Gasteiger partial charge in [0.05, 0.1) is 10.6 Å². The summed E-state index contributed by atoms with van der Waals surface area (Å²) in [5.74, 6) is 0.0688. The van der Waals surface area contributed by atoms with Crippen LogP contribution < -0.4 is 11.3 Å². The first kappa shape index (κ1) is 13.6. The minimum atomic E-state index is -3.65. The standard InChI is InChI=1S/C11H14N2O5S/c1-6-4-8(19(17,18)5-7-2-3-7)9(12)10(14)13(6)11(15)16/h4,7H,2-3,5,12H2,1H3,(H,15,16). The van der Waals surface area contributed by atoms with E-state index >= 15 is 0 Å². The van der Waals surface area contributed by atoms with Crippen LogP contribution in [0.5, 0.6) is 0 Å². The van der Waals surface area contributed by atoms with Gasteiger partial charge in [0.25, 0.3) is 5.56 Å². The molecule has 1 saturated carbocycles. The summed E-state index contributed by atoms with van der Waals surface area (Å²) in [7, 11) is -3.65. The lowest BCUT2D eigenvalue weighted by molar-refractivity contribution is 0.194. The Morgan fingerprint density at radius 3 is 2.58 bits per heavy atom. The molecule has 1 fully saturated rings. The predicted octanol–water partition coefficient (Wildman–Crippen LogP) is 0.449. The summed E-state index contributed by atoms with van der Waals surface area (Å²) in [5, 5.41) is 8.88. The molecule has 1 aromatic heterocycles. The van der Waals surface area contributed by atoms with Crippen LogP contribution in [0.15, 0.2) is 15.8 Å².